The molecule has 31 heavy (non-hydrogen) atoms. The van der Waals surface area contributed by atoms with Gasteiger partial charge in [-0.3, -0.25) is 14.9 Å². The summed E-state index contributed by atoms with van der Waals surface area (Å²) in [7, 11) is 0. The van der Waals surface area contributed by atoms with Gasteiger partial charge in [-0.05, 0) is 50.5 Å². The van der Waals surface area contributed by atoms with Gasteiger partial charge in [-0.2, -0.15) is 0 Å². The molecule has 0 radical (unpaired) electrons. The average Bonchev–Trinajstić information content (AvgIpc) is 3.46. The molecule has 0 aliphatic carbocycles. The van der Waals surface area contributed by atoms with Crippen LogP contribution < -0.4 is 5.32 Å². The van der Waals surface area contributed by atoms with Crippen LogP contribution in [0.5, 0.6) is 0 Å². The Hall–Kier alpha value is -2.64. The first-order chi connectivity index (χ1) is 15.0. The third-order valence-corrected chi connectivity index (χ3v) is 7.15. The summed E-state index contributed by atoms with van der Waals surface area (Å²) >= 11 is 2.83. The van der Waals surface area contributed by atoms with Crippen LogP contribution in [0.4, 0.5) is 5.13 Å². The smallest absolute Gasteiger partial charge is 0.258 e. The fourth-order valence-corrected chi connectivity index (χ4v) is 5.27. The van der Waals surface area contributed by atoms with Gasteiger partial charge in [0.25, 0.3) is 5.91 Å². The summed E-state index contributed by atoms with van der Waals surface area (Å²) in [6, 6.07) is 13.7. The number of carbonyl (C=O) groups is 2. The van der Waals surface area contributed by atoms with Crippen molar-refractivity contribution < 1.29 is 9.59 Å². The summed E-state index contributed by atoms with van der Waals surface area (Å²) in [4.78, 5) is 32.7. The van der Waals surface area contributed by atoms with Gasteiger partial charge in [0.15, 0.2) is 5.13 Å². The van der Waals surface area contributed by atoms with Crippen molar-refractivity contribution in [3.05, 3.63) is 64.5 Å². The molecule has 0 bridgehead atoms. The van der Waals surface area contributed by atoms with E-state index in [0.29, 0.717) is 16.4 Å². The lowest BCUT2D eigenvalue weighted by Gasteiger charge is -2.15. The summed E-state index contributed by atoms with van der Waals surface area (Å²) in [6.07, 6.45) is 2.15. The van der Waals surface area contributed by atoms with Crippen LogP contribution in [0.25, 0.3) is 11.3 Å². The highest BCUT2D eigenvalue weighted by Crippen LogP contribution is 2.29. The Bertz CT molecular complexity index is 1100. The van der Waals surface area contributed by atoms with Crippen LogP contribution in [-0.4, -0.2) is 40.5 Å². The summed E-state index contributed by atoms with van der Waals surface area (Å²) in [6.45, 7) is 5.80. The van der Waals surface area contributed by atoms with Crippen molar-refractivity contribution in [3.8, 4) is 11.3 Å². The number of amides is 2. The summed E-state index contributed by atoms with van der Waals surface area (Å²) in [5.74, 6) is 0.271. The van der Waals surface area contributed by atoms with Crippen LogP contribution >= 0.6 is 23.1 Å². The lowest BCUT2D eigenvalue weighted by molar-refractivity contribution is -0.127. The maximum atomic E-state index is 12.9. The molecular weight excluding hydrogens is 426 g/mol. The zero-order valence-electron chi connectivity index (χ0n) is 17.7. The third-order valence-electron chi connectivity index (χ3n) is 5.34. The quantitative estimate of drug-likeness (QED) is 0.510. The van der Waals surface area contributed by atoms with E-state index in [9.17, 15) is 9.59 Å². The molecule has 5 nitrogen and oxygen atoms in total. The predicted octanol–water partition coefficient (Wildman–Crippen LogP) is 5.39. The summed E-state index contributed by atoms with van der Waals surface area (Å²) < 4.78 is 0. The van der Waals surface area contributed by atoms with Gasteiger partial charge < -0.3 is 4.90 Å². The molecule has 7 heteroatoms. The number of hydrogen-bond acceptors (Lipinski definition) is 5. The Balaban J connectivity index is 1.45. The van der Waals surface area contributed by atoms with Gasteiger partial charge in [0.05, 0.1) is 17.0 Å². The number of nitrogens with zero attached hydrogens (tertiary/aromatic N) is 2. The Kier molecular flexibility index (Phi) is 6.73. The molecule has 0 unspecified atom stereocenters. The number of anilines is 1. The Morgan fingerprint density at radius 2 is 1.90 bits per heavy atom. The maximum absolute atomic E-state index is 12.9. The molecule has 2 aromatic carbocycles. The maximum Gasteiger partial charge on any atom is 0.258 e. The molecule has 0 atom stereocenters. The van der Waals surface area contributed by atoms with E-state index < -0.39 is 0 Å². The topological polar surface area (TPSA) is 62.3 Å². The van der Waals surface area contributed by atoms with Crippen LogP contribution in [-0.2, 0) is 4.79 Å². The zero-order chi connectivity index (χ0) is 21.8. The zero-order valence-corrected chi connectivity index (χ0v) is 19.3. The number of benzene rings is 2. The molecule has 1 saturated heterocycles. The van der Waals surface area contributed by atoms with Gasteiger partial charge in [-0.1, -0.05) is 29.8 Å². The Morgan fingerprint density at radius 3 is 2.71 bits per heavy atom. The van der Waals surface area contributed by atoms with Crippen molar-refractivity contribution in [1.82, 2.24) is 9.88 Å². The van der Waals surface area contributed by atoms with E-state index in [-0.39, 0.29) is 11.8 Å². The fraction of sp³-hybridized carbons (Fsp3) is 0.292. The van der Waals surface area contributed by atoms with Crippen LogP contribution in [0.3, 0.4) is 0 Å². The SMILES string of the molecule is Cc1ccc(C)c(-c2csc(NC(=O)c3ccccc3SCC(=O)N3CCCC3)n2)c1. The third kappa shape index (κ3) is 5.17. The standard InChI is InChI=1S/C24H25N3O2S2/c1-16-9-10-17(2)19(13-16)20-14-31-24(25-20)26-23(29)18-7-3-4-8-21(18)30-15-22(28)27-11-5-6-12-27/h3-4,7-10,13-14H,5-6,11-12,15H2,1-2H3,(H,25,26,29). The molecule has 2 amide bonds. The molecule has 1 N–H and O–H groups in total. The number of thiazole rings is 1. The number of aryl methyl sites for hydroxylation is 2. The van der Waals surface area contributed by atoms with E-state index >= 15 is 0 Å². The van der Waals surface area contributed by atoms with E-state index in [4.69, 9.17) is 0 Å². The Morgan fingerprint density at radius 1 is 1.13 bits per heavy atom. The largest absolute Gasteiger partial charge is 0.342 e. The first-order valence-electron chi connectivity index (χ1n) is 10.4. The lowest BCUT2D eigenvalue weighted by atomic mass is 10.0. The molecule has 3 aromatic rings. The van der Waals surface area contributed by atoms with Crippen molar-refractivity contribution >= 4 is 40.0 Å². The lowest BCUT2D eigenvalue weighted by Crippen LogP contribution is -2.29. The van der Waals surface area contributed by atoms with E-state index in [1.165, 1.54) is 28.7 Å². The molecule has 1 aliphatic heterocycles. The minimum absolute atomic E-state index is 0.135. The van der Waals surface area contributed by atoms with E-state index in [1.54, 1.807) is 6.07 Å². The van der Waals surface area contributed by atoms with Crippen LogP contribution in [0.2, 0.25) is 0 Å². The van der Waals surface area contributed by atoms with E-state index in [1.807, 2.05) is 28.5 Å². The highest BCUT2D eigenvalue weighted by Gasteiger charge is 2.20. The minimum Gasteiger partial charge on any atom is -0.342 e. The summed E-state index contributed by atoms with van der Waals surface area (Å²) in [5, 5.41) is 5.45. The molecule has 1 fully saturated rings. The van der Waals surface area contributed by atoms with Crippen molar-refractivity contribution in [2.24, 2.45) is 0 Å². The first kappa shape index (κ1) is 21.6. The minimum atomic E-state index is -0.210. The van der Waals surface area contributed by atoms with Crippen molar-refractivity contribution in [2.45, 2.75) is 31.6 Å². The van der Waals surface area contributed by atoms with Crippen LogP contribution in [0.15, 0.2) is 52.7 Å². The van der Waals surface area contributed by atoms with Gasteiger partial charge in [-0.25, -0.2) is 4.98 Å². The van der Waals surface area contributed by atoms with Gasteiger partial charge >= 0.3 is 0 Å². The highest BCUT2D eigenvalue weighted by molar-refractivity contribution is 8.00. The fourth-order valence-electron chi connectivity index (χ4n) is 3.61. The second-order valence-electron chi connectivity index (χ2n) is 7.68. The summed E-state index contributed by atoms with van der Waals surface area (Å²) in [5.41, 5.74) is 4.82. The van der Waals surface area contributed by atoms with E-state index in [2.05, 4.69) is 42.3 Å². The van der Waals surface area contributed by atoms with Gasteiger partial charge in [0.1, 0.15) is 0 Å². The van der Waals surface area contributed by atoms with Gasteiger partial charge in [-0.15, -0.1) is 23.1 Å². The number of rotatable bonds is 6. The molecular formula is C24H25N3O2S2. The number of hydrogen-bond donors (Lipinski definition) is 1. The molecule has 1 aliphatic rings. The van der Waals surface area contributed by atoms with Crippen molar-refractivity contribution in [3.63, 3.8) is 0 Å². The molecule has 2 heterocycles. The van der Waals surface area contributed by atoms with Crippen LogP contribution in [0.1, 0.15) is 34.3 Å². The Labute approximate surface area is 190 Å². The van der Waals surface area contributed by atoms with Crippen molar-refractivity contribution in [2.75, 3.05) is 24.2 Å². The van der Waals surface area contributed by atoms with Gasteiger partial charge in [0.2, 0.25) is 5.91 Å². The predicted molar refractivity (Wildman–Crippen MR) is 128 cm³/mol. The number of thioether (sulfide) groups is 1. The average molecular weight is 452 g/mol. The van der Waals surface area contributed by atoms with Gasteiger partial charge in [0, 0.05) is 28.9 Å². The second kappa shape index (κ2) is 9.66. The van der Waals surface area contributed by atoms with Crippen LogP contribution in [0, 0.1) is 13.8 Å². The number of aromatic nitrogens is 1. The molecule has 1 aromatic heterocycles. The number of likely N-dealkylation sites (tertiary alicyclic amines) is 1. The monoisotopic (exact) mass is 451 g/mol. The van der Waals surface area contributed by atoms with E-state index in [0.717, 1.165) is 47.6 Å². The molecule has 0 spiro atoms. The van der Waals surface area contributed by atoms with Crippen molar-refractivity contribution in [1.29, 1.82) is 0 Å². The number of carbonyl (C=O) groups excluding carboxylic acids is 2. The molecule has 160 valence electrons. The first-order valence-corrected chi connectivity index (χ1v) is 12.2. The second-order valence-corrected chi connectivity index (χ2v) is 9.56. The molecule has 4 rings (SSSR count). The molecule has 0 saturated carbocycles. The number of nitrogens with one attached hydrogen (secondary N) is 1. The normalized spacial score (nSPS) is 13.4. The highest BCUT2D eigenvalue weighted by atomic mass is 32.2.